The fourth-order valence-electron chi connectivity index (χ4n) is 3.60. The van der Waals surface area contributed by atoms with E-state index in [1.54, 1.807) is 4.90 Å². The molecule has 0 atom stereocenters. The Balaban J connectivity index is 1.38. The monoisotopic (exact) mass is 345 g/mol. The van der Waals surface area contributed by atoms with E-state index in [0.29, 0.717) is 38.7 Å². The van der Waals surface area contributed by atoms with Crippen molar-refractivity contribution in [1.82, 2.24) is 10.2 Å². The zero-order valence-electron chi connectivity index (χ0n) is 14.9. The van der Waals surface area contributed by atoms with Crippen LogP contribution >= 0.6 is 0 Å². The molecule has 2 amide bonds. The highest BCUT2D eigenvalue weighted by molar-refractivity contribution is 5.95. The molecule has 2 aliphatic heterocycles. The van der Waals surface area contributed by atoms with Crippen LogP contribution < -0.4 is 10.2 Å². The topological polar surface area (TPSA) is 61.9 Å². The first-order valence-corrected chi connectivity index (χ1v) is 9.22. The molecule has 136 valence electrons. The van der Waals surface area contributed by atoms with Gasteiger partial charge in [-0.05, 0) is 37.8 Å². The number of nitrogens with zero attached hydrogens (tertiary/aromatic N) is 2. The lowest BCUT2D eigenvalue weighted by molar-refractivity contribution is -0.118. The third-order valence-corrected chi connectivity index (χ3v) is 4.98. The highest BCUT2D eigenvalue weighted by Crippen LogP contribution is 2.27. The summed E-state index contributed by atoms with van der Waals surface area (Å²) in [5.41, 5.74) is 2.32. The Hall–Kier alpha value is -2.08. The van der Waals surface area contributed by atoms with Gasteiger partial charge in [0.25, 0.3) is 0 Å². The van der Waals surface area contributed by atoms with Gasteiger partial charge in [-0.25, -0.2) is 4.79 Å². The van der Waals surface area contributed by atoms with Crippen LogP contribution in [0.5, 0.6) is 0 Å². The molecule has 25 heavy (non-hydrogen) atoms. The lowest BCUT2D eigenvalue weighted by atomic mass is 10.1. The molecule has 0 aromatic heterocycles. The van der Waals surface area contributed by atoms with Crippen molar-refractivity contribution in [3.8, 4) is 0 Å². The lowest BCUT2D eigenvalue weighted by Gasteiger charge is -2.31. The molecule has 6 nitrogen and oxygen atoms in total. The molecule has 1 aromatic rings. The van der Waals surface area contributed by atoms with Gasteiger partial charge in [-0.3, -0.25) is 4.79 Å². The van der Waals surface area contributed by atoms with Crippen molar-refractivity contribution in [3.63, 3.8) is 0 Å². The van der Waals surface area contributed by atoms with Gasteiger partial charge >= 0.3 is 6.09 Å². The van der Waals surface area contributed by atoms with Crippen LogP contribution in [0.3, 0.4) is 0 Å². The molecule has 3 rings (SSSR count). The van der Waals surface area contributed by atoms with Gasteiger partial charge in [0.1, 0.15) is 0 Å². The van der Waals surface area contributed by atoms with Crippen molar-refractivity contribution in [3.05, 3.63) is 29.8 Å². The summed E-state index contributed by atoms with van der Waals surface area (Å²) in [6.07, 6.45) is 3.04. The van der Waals surface area contributed by atoms with E-state index >= 15 is 0 Å². The first-order valence-electron chi connectivity index (χ1n) is 9.22. The summed E-state index contributed by atoms with van der Waals surface area (Å²) in [5.74, 6) is 0.182. The van der Waals surface area contributed by atoms with E-state index in [1.165, 1.54) is 5.56 Å². The molecule has 0 bridgehead atoms. The maximum atomic E-state index is 12.5. The predicted molar refractivity (Wildman–Crippen MR) is 96.7 cm³/mol. The number of hydrogen-bond donors (Lipinski definition) is 1. The van der Waals surface area contributed by atoms with E-state index in [-0.39, 0.29) is 12.0 Å². The van der Waals surface area contributed by atoms with Gasteiger partial charge in [0.15, 0.2) is 0 Å². The van der Waals surface area contributed by atoms with Gasteiger partial charge in [-0.2, -0.15) is 0 Å². The third kappa shape index (κ3) is 4.31. The average Bonchev–Trinajstić information content (AvgIpc) is 3.06. The minimum Gasteiger partial charge on any atom is -0.450 e. The number of carbonyl (C=O) groups excluding carboxylic acids is 2. The summed E-state index contributed by atoms with van der Waals surface area (Å²) in [6.45, 7) is 5.13. The second kappa shape index (κ2) is 8.34. The van der Waals surface area contributed by atoms with E-state index in [1.807, 2.05) is 30.0 Å². The highest BCUT2D eigenvalue weighted by atomic mass is 16.6. The number of ether oxygens (including phenoxy) is 1. The summed E-state index contributed by atoms with van der Waals surface area (Å²) in [4.78, 5) is 27.8. The van der Waals surface area contributed by atoms with Gasteiger partial charge in [-0.15, -0.1) is 0 Å². The van der Waals surface area contributed by atoms with Gasteiger partial charge in [-0.1, -0.05) is 18.2 Å². The molecule has 2 aliphatic rings. The second-order valence-corrected chi connectivity index (χ2v) is 6.59. The Morgan fingerprint density at radius 2 is 1.96 bits per heavy atom. The Labute approximate surface area is 149 Å². The van der Waals surface area contributed by atoms with E-state index in [0.717, 1.165) is 31.5 Å². The van der Waals surface area contributed by atoms with Gasteiger partial charge in [0.05, 0.1) is 6.61 Å². The average molecular weight is 345 g/mol. The maximum absolute atomic E-state index is 12.5. The Kier molecular flexibility index (Phi) is 5.91. The molecular weight excluding hydrogens is 318 g/mol. The minimum atomic E-state index is -0.219. The number of nitrogens with one attached hydrogen (secondary N) is 1. The fourth-order valence-corrected chi connectivity index (χ4v) is 3.60. The SMILES string of the molecule is CCOC(=O)N1CCC(NCCC(=O)N2CCc3ccccc32)CC1. The summed E-state index contributed by atoms with van der Waals surface area (Å²) >= 11 is 0. The quantitative estimate of drug-likeness (QED) is 0.888. The molecule has 1 fully saturated rings. The van der Waals surface area contributed by atoms with Crippen LogP contribution in [-0.2, 0) is 16.0 Å². The largest absolute Gasteiger partial charge is 0.450 e. The zero-order chi connectivity index (χ0) is 17.6. The number of piperidine rings is 1. The number of amides is 2. The molecule has 0 unspecified atom stereocenters. The second-order valence-electron chi connectivity index (χ2n) is 6.59. The Morgan fingerprint density at radius 3 is 2.72 bits per heavy atom. The fraction of sp³-hybridized carbons (Fsp3) is 0.579. The van der Waals surface area contributed by atoms with Crippen molar-refractivity contribution in [2.75, 3.05) is 37.7 Å². The van der Waals surface area contributed by atoms with E-state index < -0.39 is 0 Å². The van der Waals surface area contributed by atoms with E-state index in [9.17, 15) is 9.59 Å². The molecule has 1 N–H and O–H groups in total. The summed E-state index contributed by atoms with van der Waals surface area (Å²) < 4.78 is 5.03. The number of anilines is 1. The summed E-state index contributed by atoms with van der Waals surface area (Å²) in [5, 5.41) is 3.47. The van der Waals surface area contributed by atoms with Crippen LogP contribution in [-0.4, -0.2) is 55.7 Å². The highest BCUT2D eigenvalue weighted by Gasteiger charge is 2.25. The normalized spacial score (nSPS) is 17.5. The lowest BCUT2D eigenvalue weighted by Crippen LogP contribution is -2.45. The zero-order valence-corrected chi connectivity index (χ0v) is 14.9. The molecule has 6 heteroatoms. The molecule has 2 heterocycles. The van der Waals surface area contributed by atoms with Gasteiger partial charge in [0, 0.05) is 44.3 Å². The number of hydrogen-bond acceptors (Lipinski definition) is 4. The van der Waals surface area contributed by atoms with Crippen molar-refractivity contribution in [2.24, 2.45) is 0 Å². The van der Waals surface area contributed by atoms with Crippen molar-refractivity contribution < 1.29 is 14.3 Å². The van der Waals surface area contributed by atoms with Crippen molar-refractivity contribution >= 4 is 17.7 Å². The number of rotatable bonds is 5. The number of benzene rings is 1. The standard InChI is InChI=1S/C19H27N3O3/c1-2-25-19(24)21-12-9-16(10-13-21)20-11-7-18(23)22-14-8-15-5-3-4-6-17(15)22/h3-6,16,20H,2,7-14H2,1H3. The van der Waals surface area contributed by atoms with Crippen LogP contribution in [0.2, 0.25) is 0 Å². The molecule has 1 aromatic carbocycles. The Morgan fingerprint density at radius 1 is 1.20 bits per heavy atom. The molecule has 0 spiro atoms. The molecule has 0 aliphatic carbocycles. The first kappa shape index (κ1) is 17.7. The van der Waals surface area contributed by atoms with Gasteiger partial charge in [0.2, 0.25) is 5.91 Å². The molecule has 1 saturated heterocycles. The molecular formula is C19H27N3O3. The molecule has 0 saturated carbocycles. The first-order chi connectivity index (χ1) is 12.2. The van der Waals surface area contributed by atoms with E-state index in [2.05, 4.69) is 11.4 Å². The van der Waals surface area contributed by atoms with Gasteiger partial charge < -0.3 is 19.9 Å². The van der Waals surface area contributed by atoms with Crippen LogP contribution in [0.25, 0.3) is 0 Å². The minimum absolute atomic E-state index is 0.182. The number of likely N-dealkylation sites (tertiary alicyclic amines) is 1. The predicted octanol–water partition coefficient (Wildman–Crippen LogP) is 2.18. The maximum Gasteiger partial charge on any atom is 0.409 e. The van der Waals surface area contributed by atoms with Crippen molar-refractivity contribution in [2.45, 2.75) is 38.6 Å². The Bertz CT molecular complexity index is 612. The van der Waals surface area contributed by atoms with Crippen molar-refractivity contribution in [1.29, 1.82) is 0 Å². The third-order valence-electron chi connectivity index (χ3n) is 4.98. The summed E-state index contributed by atoms with van der Waals surface area (Å²) in [7, 11) is 0. The van der Waals surface area contributed by atoms with Crippen LogP contribution in [0.4, 0.5) is 10.5 Å². The molecule has 0 radical (unpaired) electrons. The number of para-hydroxylation sites is 1. The van der Waals surface area contributed by atoms with Crippen LogP contribution in [0.15, 0.2) is 24.3 Å². The van der Waals surface area contributed by atoms with E-state index in [4.69, 9.17) is 4.74 Å². The van der Waals surface area contributed by atoms with Crippen LogP contribution in [0.1, 0.15) is 31.7 Å². The smallest absolute Gasteiger partial charge is 0.409 e. The number of carbonyl (C=O) groups is 2. The summed E-state index contributed by atoms with van der Waals surface area (Å²) in [6, 6.07) is 8.50. The van der Waals surface area contributed by atoms with Crippen LogP contribution in [0, 0.1) is 0 Å². The number of fused-ring (bicyclic) bond motifs is 1.